The van der Waals surface area contributed by atoms with Crippen LogP contribution < -0.4 is 4.74 Å². The molecule has 1 aromatic heterocycles. The number of rotatable bonds is 4. The molecule has 1 saturated heterocycles. The van der Waals surface area contributed by atoms with Gasteiger partial charge in [-0.05, 0) is 62.9 Å². The van der Waals surface area contributed by atoms with E-state index in [1.165, 1.54) is 6.42 Å². The minimum absolute atomic E-state index is 0.222. The molecule has 2 fully saturated rings. The molecule has 0 unspecified atom stereocenters. The molecule has 0 amide bonds. The van der Waals surface area contributed by atoms with Gasteiger partial charge in [0.15, 0.2) is 5.82 Å². The fourth-order valence-corrected chi connectivity index (χ4v) is 3.65. The first-order valence-corrected chi connectivity index (χ1v) is 8.63. The lowest BCUT2D eigenvalue weighted by Crippen LogP contribution is -2.30. The molecule has 2 heterocycles. The second-order valence-corrected chi connectivity index (χ2v) is 7.05. The molecule has 1 aliphatic carbocycles. The van der Waals surface area contributed by atoms with Gasteiger partial charge in [0, 0.05) is 17.5 Å². The minimum atomic E-state index is -0.422. The van der Waals surface area contributed by atoms with Crippen LogP contribution in [0.2, 0.25) is 5.02 Å². The van der Waals surface area contributed by atoms with Gasteiger partial charge in [0.2, 0.25) is 5.88 Å². The Bertz CT molecular complexity index is 747. The first-order chi connectivity index (χ1) is 11.1. The average Bonchev–Trinajstić information content (AvgIpc) is 3.31. The molecule has 1 aliphatic heterocycles. The van der Waals surface area contributed by atoms with Gasteiger partial charge in [-0.3, -0.25) is 0 Å². The van der Waals surface area contributed by atoms with Crippen LogP contribution in [0.5, 0.6) is 5.88 Å². The predicted octanol–water partition coefficient (Wildman–Crippen LogP) is 4.38. The first kappa shape index (κ1) is 15.2. The van der Waals surface area contributed by atoms with Gasteiger partial charge in [-0.25, -0.2) is 9.37 Å². The number of nitrogens with zero attached hydrogens (tertiary/aromatic N) is 2. The molecule has 4 rings (SSSR count). The van der Waals surface area contributed by atoms with Crippen molar-refractivity contribution in [2.45, 2.75) is 37.6 Å². The van der Waals surface area contributed by atoms with Crippen molar-refractivity contribution in [2.24, 2.45) is 0 Å². The van der Waals surface area contributed by atoms with Crippen molar-refractivity contribution in [2.75, 3.05) is 20.2 Å². The number of pyridine rings is 1. The summed E-state index contributed by atoms with van der Waals surface area (Å²) in [5.74, 6) is 0.455. The lowest BCUT2D eigenvalue weighted by molar-refractivity contribution is 0.193. The van der Waals surface area contributed by atoms with Crippen LogP contribution in [0.3, 0.4) is 0 Å². The number of likely N-dealkylation sites (N-methyl/N-ethyl adjacent to an activating group) is 1. The van der Waals surface area contributed by atoms with Gasteiger partial charge >= 0.3 is 0 Å². The Labute approximate surface area is 140 Å². The quantitative estimate of drug-likeness (QED) is 0.829. The summed E-state index contributed by atoms with van der Waals surface area (Å²) in [4.78, 5) is 6.63. The summed E-state index contributed by atoms with van der Waals surface area (Å²) in [5, 5.41) is 1.01. The summed E-state index contributed by atoms with van der Waals surface area (Å²) in [6.45, 7) is 1.69. The Morgan fingerprint density at radius 1 is 1.35 bits per heavy atom. The second-order valence-electron chi connectivity index (χ2n) is 6.68. The lowest BCUT2D eigenvalue weighted by Gasteiger charge is -2.19. The van der Waals surface area contributed by atoms with E-state index >= 15 is 0 Å². The smallest absolute Gasteiger partial charge is 0.213 e. The van der Waals surface area contributed by atoms with Crippen molar-refractivity contribution in [1.82, 2.24) is 9.88 Å². The monoisotopic (exact) mass is 334 g/mol. The second kappa shape index (κ2) is 5.91. The zero-order chi connectivity index (χ0) is 16.0. The van der Waals surface area contributed by atoms with E-state index < -0.39 is 5.82 Å². The van der Waals surface area contributed by atoms with Gasteiger partial charge in [0.05, 0.1) is 5.02 Å². The summed E-state index contributed by atoms with van der Waals surface area (Å²) < 4.78 is 20.4. The van der Waals surface area contributed by atoms with Gasteiger partial charge < -0.3 is 9.64 Å². The molecule has 0 N–H and O–H groups in total. The van der Waals surface area contributed by atoms with Crippen molar-refractivity contribution < 1.29 is 9.13 Å². The molecule has 1 atom stereocenters. The van der Waals surface area contributed by atoms with Crippen LogP contribution in [0, 0.1) is 5.82 Å². The normalized spacial score (nSPS) is 22.0. The molecule has 0 spiro atoms. The van der Waals surface area contributed by atoms with Crippen LogP contribution in [0.15, 0.2) is 18.2 Å². The number of likely N-dealkylation sites (tertiary alicyclic amines) is 1. The van der Waals surface area contributed by atoms with E-state index in [1.807, 2.05) is 18.2 Å². The van der Waals surface area contributed by atoms with Crippen molar-refractivity contribution in [3.63, 3.8) is 0 Å². The van der Waals surface area contributed by atoms with E-state index in [1.54, 1.807) is 0 Å². The lowest BCUT2D eigenvalue weighted by atomic mass is 10.1. The summed E-state index contributed by atoms with van der Waals surface area (Å²) >= 11 is 6.20. The predicted molar refractivity (Wildman–Crippen MR) is 89.8 cm³/mol. The molecule has 122 valence electrons. The van der Waals surface area contributed by atoms with E-state index in [2.05, 4.69) is 16.9 Å². The third kappa shape index (κ3) is 2.90. The minimum Gasteiger partial charge on any atom is -0.476 e. The molecule has 3 nitrogen and oxygen atoms in total. The van der Waals surface area contributed by atoms with E-state index in [0.29, 0.717) is 30.0 Å². The molecule has 5 heteroatoms. The fourth-order valence-electron chi connectivity index (χ4n) is 3.35. The highest BCUT2D eigenvalue weighted by molar-refractivity contribution is 6.32. The summed E-state index contributed by atoms with van der Waals surface area (Å²) in [5.41, 5.74) is 1.22. The van der Waals surface area contributed by atoms with Crippen LogP contribution in [0.4, 0.5) is 4.39 Å². The molecule has 0 bridgehead atoms. The summed E-state index contributed by atoms with van der Waals surface area (Å²) in [7, 11) is 2.10. The number of aromatic nitrogens is 1. The van der Waals surface area contributed by atoms with Crippen molar-refractivity contribution in [3.05, 3.63) is 34.6 Å². The Morgan fingerprint density at radius 3 is 2.87 bits per heavy atom. The third-order valence-corrected chi connectivity index (χ3v) is 5.36. The van der Waals surface area contributed by atoms with Crippen LogP contribution in [0.1, 0.15) is 37.2 Å². The van der Waals surface area contributed by atoms with Gasteiger partial charge in [-0.15, -0.1) is 0 Å². The average molecular weight is 335 g/mol. The molecule has 0 radical (unpaired) electrons. The zero-order valence-corrected chi connectivity index (χ0v) is 13.9. The fraction of sp³-hybridized carbons (Fsp3) is 0.500. The Hall–Kier alpha value is -1.39. The molecule has 1 aromatic carbocycles. The summed E-state index contributed by atoms with van der Waals surface area (Å²) in [6.07, 6.45) is 4.52. The highest BCUT2D eigenvalue weighted by atomic mass is 35.5. The van der Waals surface area contributed by atoms with Crippen LogP contribution in [0.25, 0.3) is 10.9 Å². The van der Waals surface area contributed by atoms with Crippen LogP contribution >= 0.6 is 11.6 Å². The number of hydrogen-bond acceptors (Lipinski definition) is 3. The molecule has 2 aromatic rings. The number of halogens is 2. The molecular weight excluding hydrogens is 315 g/mol. The maximum atomic E-state index is 14.6. The van der Waals surface area contributed by atoms with Gasteiger partial charge in [-0.1, -0.05) is 11.6 Å². The third-order valence-electron chi connectivity index (χ3n) is 4.98. The number of hydrogen-bond donors (Lipinski definition) is 0. The summed E-state index contributed by atoms with van der Waals surface area (Å²) in [6, 6.07) is 6.08. The molecule has 1 saturated carbocycles. The first-order valence-electron chi connectivity index (χ1n) is 8.25. The standard InChI is InChI=1S/C18H20ClFN2O/c1-22-8-2-3-13(22)10-23-15-7-6-12-9-14(11-4-5-11)16(19)17(20)18(12)21-15/h6-7,9,11,13H,2-5,8,10H2,1H3/t13-/m0/s1. The maximum absolute atomic E-state index is 14.6. The van der Waals surface area contributed by atoms with Gasteiger partial charge in [-0.2, -0.15) is 0 Å². The topological polar surface area (TPSA) is 25.4 Å². The van der Waals surface area contributed by atoms with Crippen molar-refractivity contribution >= 4 is 22.5 Å². The highest BCUT2D eigenvalue weighted by Crippen LogP contribution is 2.45. The Morgan fingerprint density at radius 2 is 2.17 bits per heavy atom. The SMILES string of the molecule is CN1CCC[C@H]1COc1ccc2cc(C3CC3)c(Cl)c(F)c2n1. The molecular formula is C18H20ClFN2O. The zero-order valence-electron chi connectivity index (χ0n) is 13.2. The molecule has 2 aliphatic rings. The van der Waals surface area contributed by atoms with Gasteiger partial charge in [0.1, 0.15) is 12.1 Å². The maximum Gasteiger partial charge on any atom is 0.213 e. The van der Waals surface area contributed by atoms with Crippen LogP contribution in [-0.4, -0.2) is 36.1 Å². The number of ether oxygens (including phenoxy) is 1. The van der Waals surface area contributed by atoms with E-state index in [9.17, 15) is 4.39 Å². The largest absolute Gasteiger partial charge is 0.476 e. The number of benzene rings is 1. The van der Waals surface area contributed by atoms with Crippen molar-refractivity contribution in [3.8, 4) is 5.88 Å². The van der Waals surface area contributed by atoms with Crippen LogP contribution in [-0.2, 0) is 0 Å². The highest BCUT2D eigenvalue weighted by Gasteiger charge is 2.28. The van der Waals surface area contributed by atoms with Gasteiger partial charge in [0.25, 0.3) is 0 Å². The number of fused-ring (bicyclic) bond motifs is 1. The van der Waals surface area contributed by atoms with Crippen molar-refractivity contribution in [1.29, 1.82) is 0 Å². The van der Waals surface area contributed by atoms with E-state index in [4.69, 9.17) is 16.3 Å². The Kier molecular flexibility index (Phi) is 3.90. The van der Waals surface area contributed by atoms with E-state index in [-0.39, 0.29) is 5.02 Å². The molecule has 23 heavy (non-hydrogen) atoms. The van der Waals surface area contributed by atoms with E-state index in [0.717, 1.165) is 36.8 Å². The Balaban J connectivity index is 1.60.